The number of carbonyl (C=O) groups is 3. The summed E-state index contributed by atoms with van der Waals surface area (Å²) in [6.07, 6.45) is 2.81. The molecule has 2 atom stereocenters. The van der Waals surface area contributed by atoms with Crippen LogP contribution in [0, 0.1) is 11.8 Å². The number of fused-ring (bicyclic) bond motifs is 1. The van der Waals surface area contributed by atoms with Crippen LogP contribution in [-0.4, -0.2) is 48.8 Å². The molecule has 1 aromatic rings. The zero-order valence-electron chi connectivity index (χ0n) is 14.6. The number of imide groups is 1. The Balaban J connectivity index is 1.44. The van der Waals surface area contributed by atoms with Crippen molar-refractivity contribution in [2.75, 3.05) is 26.2 Å². The lowest BCUT2D eigenvalue weighted by atomic mass is 9.85. The van der Waals surface area contributed by atoms with Gasteiger partial charge in [0.25, 0.3) is 11.8 Å². The van der Waals surface area contributed by atoms with E-state index in [0.717, 1.165) is 25.9 Å². The average Bonchev–Trinajstić information content (AvgIpc) is 2.87. The summed E-state index contributed by atoms with van der Waals surface area (Å²) in [6.45, 7) is 4.65. The zero-order chi connectivity index (χ0) is 17.8. The summed E-state index contributed by atoms with van der Waals surface area (Å²) in [5, 5.41) is 6.22. The predicted molar refractivity (Wildman–Crippen MR) is 94.2 cm³/mol. The van der Waals surface area contributed by atoms with Crippen molar-refractivity contribution in [1.29, 1.82) is 0 Å². The summed E-state index contributed by atoms with van der Waals surface area (Å²) < 4.78 is 0. The molecule has 6 nitrogen and oxygen atoms in total. The number of nitrogens with zero attached hydrogens (tertiary/aromatic N) is 1. The van der Waals surface area contributed by atoms with Crippen LogP contribution >= 0.6 is 0 Å². The molecule has 0 aliphatic carbocycles. The fourth-order valence-electron chi connectivity index (χ4n) is 3.65. The molecule has 2 aliphatic heterocycles. The van der Waals surface area contributed by atoms with Crippen molar-refractivity contribution in [3.63, 3.8) is 0 Å². The summed E-state index contributed by atoms with van der Waals surface area (Å²) in [6, 6.07) is 6.82. The minimum Gasteiger partial charge on any atom is -0.354 e. The van der Waals surface area contributed by atoms with Crippen LogP contribution in [-0.2, 0) is 4.79 Å². The van der Waals surface area contributed by atoms with Crippen LogP contribution in [0.1, 0.15) is 46.9 Å². The van der Waals surface area contributed by atoms with Gasteiger partial charge in [-0.2, -0.15) is 0 Å². The molecule has 0 radical (unpaired) electrons. The van der Waals surface area contributed by atoms with Crippen LogP contribution in [0.15, 0.2) is 24.3 Å². The molecular formula is C19H25N3O3. The van der Waals surface area contributed by atoms with E-state index in [1.54, 1.807) is 24.3 Å². The topological polar surface area (TPSA) is 78.5 Å². The second kappa shape index (κ2) is 7.78. The molecule has 1 aromatic carbocycles. The molecule has 3 rings (SSSR count). The van der Waals surface area contributed by atoms with Crippen molar-refractivity contribution in [3.8, 4) is 0 Å². The highest BCUT2D eigenvalue weighted by Crippen LogP contribution is 2.23. The van der Waals surface area contributed by atoms with E-state index >= 15 is 0 Å². The molecule has 134 valence electrons. The fraction of sp³-hybridized carbons (Fsp3) is 0.526. The summed E-state index contributed by atoms with van der Waals surface area (Å²) in [5.74, 6) is 0.283. The van der Waals surface area contributed by atoms with E-state index in [9.17, 15) is 14.4 Å². The van der Waals surface area contributed by atoms with E-state index in [1.807, 2.05) is 0 Å². The molecule has 0 spiro atoms. The largest absolute Gasteiger partial charge is 0.354 e. The zero-order valence-corrected chi connectivity index (χ0v) is 14.6. The first-order chi connectivity index (χ1) is 12.1. The normalized spacial score (nSPS) is 21.2. The van der Waals surface area contributed by atoms with Crippen molar-refractivity contribution >= 4 is 17.7 Å². The molecule has 0 saturated carbocycles. The van der Waals surface area contributed by atoms with Crippen molar-refractivity contribution in [3.05, 3.63) is 35.4 Å². The first-order valence-electron chi connectivity index (χ1n) is 9.00. The van der Waals surface area contributed by atoms with Gasteiger partial charge in [0, 0.05) is 19.5 Å². The van der Waals surface area contributed by atoms with Crippen LogP contribution in [0.3, 0.4) is 0 Å². The molecule has 3 amide bonds. The van der Waals surface area contributed by atoms with Gasteiger partial charge in [0.15, 0.2) is 0 Å². The summed E-state index contributed by atoms with van der Waals surface area (Å²) in [7, 11) is 0. The molecule has 1 saturated heterocycles. The number of hydrogen-bond donors (Lipinski definition) is 2. The minimum atomic E-state index is -0.281. The predicted octanol–water partition coefficient (Wildman–Crippen LogP) is 1.42. The first-order valence-corrected chi connectivity index (χ1v) is 9.00. The van der Waals surface area contributed by atoms with Gasteiger partial charge in [-0.15, -0.1) is 0 Å². The summed E-state index contributed by atoms with van der Waals surface area (Å²) >= 11 is 0. The number of carbonyl (C=O) groups excluding carboxylic acids is 3. The Labute approximate surface area is 148 Å². The Kier molecular flexibility index (Phi) is 5.48. The Morgan fingerprint density at radius 3 is 2.56 bits per heavy atom. The Morgan fingerprint density at radius 1 is 1.28 bits per heavy atom. The lowest BCUT2D eigenvalue weighted by Gasteiger charge is -2.28. The molecule has 2 N–H and O–H groups in total. The van der Waals surface area contributed by atoms with E-state index in [-0.39, 0.29) is 24.3 Å². The van der Waals surface area contributed by atoms with Crippen molar-refractivity contribution in [2.45, 2.75) is 26.2 Å². The fourth-order valence-corrected chi connectivity index (χ4v) is 3.65. The number of hydrogen-bond acceptors (Lipinski definition) is 4. The van der Waals surface area contributed by atoms with Gasteiger partial charge in [-0.25, -0.2) is 0 Å². The van der Waals surface area contributed by atoms with Gasteiger partial charge in [-0.1, -0.05) is 19.1 Å². The van der Waals surface area contributed by atoms with Crippen molar-refractivity contribution < 1.29 is 14.4 Å². The third-order valence-electron chi connectivity index (χ3n) is 5.18. The van der Waals surface area contributed by atoms with E-state index < -0.39 is 0 Å². The third kappa shape index (κ3) is 3.90. The first kappa shape index (κ1) is 17.6. The van der Waals surface area contributed by atoms with Gasteiger partial charge in [0.2, 0.25) is 5.91 Å². The van der Waals surface area contributed by atoms with E-state index in [4.69, 9.17) is 0 Å². The second-order valence-corrected chi connectivity index (χ2v) is 6.95. The maximum absolute atomic E-state index is 12.3. The summed E-state index contributed by atoms with van der Waals surface area (Å²) in [4.78, 5) is 37.8. The van der Waals surface area contributed by atoms with E-state index in [0.29, 0.717) is 35.9 Å². The minimum absolute atomic E-state index is 0.0188. The Morgan fingerprint density at radius 2 is 1.96 bits per heavy atom. The molecule has 2 aliphatic rings. The quantitative estimate of drug-likeness (QED) is 0.766. The molecule has 2 unspecified atom stereocenters. The third-order valence-corrected chi connectivity index (χ3v) is 5.18. The summed E-state index contributed by atoms with van der Waals surface area (Å²) in [5.41, 5.74) is 0.884. The number of piperidine rings is 1. The van der Waals surface area contributed by atoms with Crippen LogP contribution < -0.4 is 10.6 Å². The smallest absolute Gasteiger partial charge is 0.261 e. The lowest BCUT2D eigenvalue weighted by molar-refractivity contribution is -0.122. The van der Waals surface area contributed by atoms with Gasteiger partial charge in [-0.05, 0) is 49.9 Å². The van der Waals surface area contributed by atoms with Gasteiger partial charge in [0.1, 0.15) is 0 Å². The average molecular weight is 343 g/mol. The molecule has 6 heteroatoms. The van der Waals surface area contributed by atoms with Gasteiger partial charge in [-0.3, -0.25) is 19.3 Å². The van der Waals surface area contributed by atoms with Crippen molar-refractivity contribution in [1.82, 2.24) is 15.5 Å². The Bertz CT molecular complexity index is 633. The van der Waals surface area contributed by atoms with E-state index in [1.165, 1.54) is 4.90 Å². The second-order valence-electron chi connectivity index (χ2n) is 6.95. The molecule has 1 fully saturated rings. The number of nitrogens with one attached hydrogen (secondary N) is 2. The van der Waals surface area contributed by atoms with Crippen LogP contribution in [0.2, 0.25) is 0 Å². The van der Waals surface area contributed by atoms with Crippen molar-refractivity contribution in [2.24, 2.45) is 11.8 Å². The highest BCUT2D eigenvalue weighted by molar-refractivity contribution is 6.21. The standard InChI is InChI=1S/C19H25N3O3/c1-13(14-5-4-8-20-12-14)11-17(23)21-9-10-22-18(24)15-6-2-3-7-16(15)19(22)25/h2-3,6-7,13-14,20H,4-5,8-12H2,1H3,(H,21,23). The SMILES string of the molecule is CC(CC(=O)NCCN1C(=O)c2ccccc2C1=O)C1CCCNC1. The number of benzene rings is 1. The van der Waals surface area contributed by atoms with Gasteiger partial charge in [0.05, 0.1) is 11.1 Å². The lowest BCUT2D eigenvalue weighted by Crippen LogP contribution is -2.39. The van der Waals surface area contributed by atoms with Crippen LogP contribution in [0.5, 0.6) is 0 Å². The molecular weight excluding hydrogens is 318 g/mol. The maximum atomic E-state index is 12.3. The molecule has 25 heavy (non-hydrogen) atoms. The van der Waals surface area contributed by atoms with Crippen LogP contribution in [0.25, 0.3) is 0 Å². The number of rotatable bonds is 6. The highest BCUT2D eigenvalue weighted by atomic mass is 16.2. The molecule has 0 aromatic heterocycles. The highest BCUT2D eigenvalue weighted by Gasteiger charge is 2.34. The maximum Gasteiger partial charge on any atom is 0.261 e. The molecule has 2 heterocycles. The van der Waals surface area contributed by atoms with E-state index in [2.05, 4.69) is 17.6 Å². The Hall–Kier alpha value is -2.21. The van der Waals surface area contributed by atoms with Crippen LogP contribution in [0.4, 0.5) is 0 Å². The monoisotopic (exact) mass is 343 g/mol. The number of amides is 3. The van der Waals surface area contributed by atoms with Gasteiger partial charge < -0.3 is 10.6 Å². The van der Waals surface area contributed by atoms with Gasteiger partial charge >= 0.3 is 0 Å². The molecule has 0 bridgehead atoms.